The van der Waals surface area contributed by atoms with Gasteiger partial charge in [-0.3, -0.25) is 14.9 Å². The average molecular weight is 344 g/mol. The minimum Gasteiger partial charge on any atom is -0.504 e. The lowest BCUT2D eigenvalue weighted by atomic mass is 10.2. The average Bonchev–Trinajstić information content (AvgIpc) is 2.98. The molecule has 1 aromatic heterocycles. The number of fused-ring (bicyclic) bond motifs is 1. The number of thiophene rings is 1. The van der Waals surface area contributed by atoms with Crippen LogP contribution in [0, 0.1) is 10.1 Å². The number of nitrogens with one attached hydrogen (secondary N) is 1. The maximum atomic E-state index is 12.3. The van der Waals surface area contributed by atoms with Gasteiger partial charge in [-0.25, -0.2) is 0 Å². The van der Waals surface area contributed by atoms with Gasteiger partial charge in [-0.15, -0.1) is 11.3 Å². The minimum absolute atomic E-state index is 0.0210. The Balaban J connectivity index is 1.85. The fourth-order valence-corrected chi connectivity index (χ4v) is 3.15. The molecule has 0 radical (unpaired) electrons. The maximum absolute atomic E-state index is 12.3. The summed E-state index contributed by atoms with van der Waals surface area (Å²) >= 11 is 1.24. The quantitative estimate of drug-likeness (QED) is 0.554. The minimum atomic E-state index is -0.475. The van der Waals surface area contributed by atoms with E-state index in [2.05, 4.69) is 5.32 Å². The van der Waals surface area contributed by atoms with Crippen LogP contribution >= 0.6 is 11.3 Å². The monoisotopic (exact) mass is 344 g/mol. The number of hydrogen-bond acceptors (Lipinski definition) is 6. The zero-order valence-corrected chi connectivity index (χ0v) is 13.3. The molecule has 0 aliphatic heterocycles. The van der Waals surface area contributed by atoms with E-state index in [0.717, 1.165) is 4.70 Å². The van der Waals surface area contributed by atoms with E-state index >= 15 is 0 Å². The van der Waals surface area contributed by atoms with Gasteiger partial charge in [0.05, 0.1) is 16.9 Å². The smallest absolute Gasteiger partial charge is 0.270 e. The predicted molar refractivity (Wildman–Crippen MR) is 91.1 cm³/mol. The molecule has 24 heavy (non-hydrogen) atoms. The van der Waals surface area contributed by atoms with E-state index in [-0.39, 0.29) is 17.3 Å². The molecule has 0 aliphatic rings. The number of carbonyl (C=O) groups is 1. The summed E-state index contributed by atoms with van der Waals surface area (Å²) in [7, 11) is 1.43. The number of methoxy groups -OCH3 is 1. The molecule has 0 spiro atoms. The number of nitro benzene ring substituents is 1. The Bertz CT molecular complexity index is 951. The van der Waals surface area contributed by atoms with E-state index in [1.165, 1.54) is 36.6 Å². The van der Waals surface area contributed by atoms with Crippen LogP contribution in [0.15, 0.2) is 42.5 Å². The van der Waals surface area contributed by atoms with Crippen molar-refractivity contribution in [3.05, 3.63) is 57.5 Å². The Labute approximate surface area is 140 Å². The molecule has 0 saturated heterocycles. The van der Waals surface area contributed by atoms with Gasteiger partial charge in [0, 0.05) is 34.0 Å². The van der Waals surface area contributed by atoms with Crippen molar-refractivity contribution in [2.45, 2.75) is 0 Å². The number of benzene rings is 2. The Hall–Kier alpha value is -3.13. The van der Waals surface area contributed by atoms with Crippen LogP contribution in [0.25, 0.3) is 10.1 Å². The van der Waals surface area contributed by atoms with E-state index in [0.29, 0.717) is 21.7 Å². The summed E-state index contributed by atoms with van der Waals surface area (Å²) in [5.74, 6) is -0.132. The first-order chi connectivity index (χ1) is 11.5. The third kappa shape index (κ3) is 2.99. The number of aromatic hydroxyl groups is 1. The molecule has 8 heteroatoms. The van der Waals surface area contributed by atoms with Gasteiger partial charge in [-0.1, -0.05) is 0 Å². The number of nitrogens with zero attached hydrogens (tertiary/aromatic N) is 1. The van der Waals surface area contributed by atoms with Crippen molar-refractivity contribution in [2.24, 2.45) is 0 Å². The molecule has 1 amide bonds. The van der Waals surface area contributed by atoms with Gasteiger partial charge in [-0.2, -0.15) is 0 Å². The predicted octanol–water partition coefficient (Wildman–Crippen LogP) is 3.78. The molecule has 0 atom stereocenters. The van der Waals surface area contributed by atoms with Gasteiger partial charge in [0.15, 0.2) is 11.5 Å². The molecule has 122 valence electrons. The van der Waals surface area contributed by atoms with Crippen LogP contribution in [0.5, 0.6) is 11.5 Å². The number of hydrogen-bond donors (Lipinski definition) is 2. The van der Waals surface area contributed by atoms with Crippen LogP contribution in [0.4, 0.5) is 11.4 Å². The number of carbonyl (C=O) groups excluding carboxylic acids is 1. The van der Waals surface area contributed by atoms with Crippen molar-refractivity contribution in [3.8, 4) is 11.5 Å². The second-order valence-electron chi connectivity index (χ2n) is 4.93. The number of phenols is 1. The topological polar surface area (TPSA) is 102 Å². The highest BCUT2D eigenvalue weighted by atomic mass is 32.1. The van der Waals surface area contributed by atoms with Crippen LogP contribution in [0.1, 0.15) is 9.67 Å². The molecular weight excluding hydrogens is 332 g/mol. The van der Waals surface area contributed by atoms with Crippen molar-refractivity contribution < 1.29 is 19.6 Å². The second kappa shape index (κ2) is 6.17. The first-order valence-corrected chi connectivity index (χ1v) is 7.66. The molecule has 1 heterocycles. The Kier molecular flexibility index (Phi) is 4.05. The van der Waals surface area contributed by atoms with Crippen molar-refractivity contribution in [1.82, 2.24) is 0 Å². The maximum Gasteiger partial charge on any atom is 0.270 e. The summed E-state index contributed by atoms with van der Waals surface area (Å²) in [6, 6.07) is 10.6. The molecule has 2 N–H and O–H groups in total. The summed E-state index contributed by atoms with van der Waals surface area (Å²) in [5, 5.41) is 23.8. The van der Waals surface area contributed by atoms with Crippen LogP contribution in [-0.2, 0) is 0 Å². The van der Waals surface area contributed by atoms with Crippen molar-refractivity contribution in [2.75, 3.05) is 12.4 Å². The molecule has 3 aromatic rings. The van der Waals surface area contributed by atoms with Crippen molar-refractivity contribution in [1.29, 1.82) is 0 Å². The van der Waals surface area contributed by atoms with Crippen molar-refractivity contribution >= 4 is 38.7 Å². The van der Waals surface area contributed by atoms with Crippen LogP contribution in [-0.4, -0.2) is 23.0 Å². The lowest BCUT2D eigenvalue weighted by Crippen LogP contribution is -2.09. The Morgan fingerprint density at radius 3 is 2.71 bits per heavy atom. The number of anilines is 1. The van der Waals surface area contributed by atoms with Gasteiger partial charge in [0.1, 0.15) is 0 Å². The number of nitro groups is 1. The van der Waals surface area contributed by atoms with E-state index in [9.17, 15) is 20.0 Å². The summed E-state index contributed by atoms with van der Waals surface area (Å²) < 4.78 is 5.73. The van der Waals surface area contributed by atoms with Gasteiger partial charge in [-0.05, 0) is 24.3 Å². The van der Waals surface area contributed by atoms with E-state index in [1.54, 1.807) is 24.3 Å². The first kappa shape index (κ1) is 15.8. The van der Waals surface area contributed by atoms with Gasteiger partial charge >= 0.3 is 0 Å². The third-order valence-electron chi connectivity index (χ3n) is 3.37. The molecular formula is C16H12N2O5S. The number of phenolic OH excluding ortho intramolecular Hbond substituents is 1. The normalized spacial score (nSPS) is 10.5. The summed E-state index contributed by atoms with van der Waals surface area (Å²) in [6.45, 7) is 0. The highest BCUT2D eigenvalue weighted by molar-refractivity contribution is 7.20. The summed E-state index contributed by atoms with van der Waals surface area (Å²) in [5.41, 5.74) is 0.397. The lowest BCUT2D eigenvalue weighted by Gasteiger charge is -2.07. The van der Waals surface area contributed by atoms with Gasteiger partial charge in [0.25, 0.3) is 11.6 Å². The fraction of sp³-hybridized carbons (Fsp3) is 0.0625. The first-order valence-electron chi connectivity index (χ1n) is 6.84. The lowest BCUT2D eigenvalue weighted by molar-refractivity contribution is -0.384. The fourth-order valence-electron chi connectivity index (χ4n) is 2.22. The molecule has 0 saturated carbocycles. The van der Waals surface area contributed by atoms with E-state index < -0.39 is 4.92 Å². The highest BCUT2D eigenvalue weighted by Gasteiger charge is 2.14. The highest BCUT2D eigenvalue weighted by Crippen LogP contribution is 2.31. The third-order valence-corrected chi connectivity index (χ3v) is 4.49. The standard InChI is InChI=1S/C16H12N2O5S/c1-23-13-4-2-10(8-12(13)19)17-16(20)15-7-9-6-11(18(21)22)3-5-14(9)24-15/h2-8,19H,1H3,(H,17,20). The van der Waals surface area contributed by atoms with Crippen LogP contribution in [0.3, 0.4) is 0 Å². The van der Waals surface area contributed by atoms with Crippen LogP contribution < -0.4 is 10.1 Å². The SMILES string of the molecule is COc1ccc(NC(=O)c2cc3cc([N+](=O)[O-])ccc3s2)cc1O. The number of non-ortho nitro benzene ring substituents is 1. The second-order valence-corrected chi connectivity index (χ2v) is 6.01. The molecule has 3 rings (SSSR count). The number of ether oxygens (including phenoxy) is 1. The Morgan fingerprint density at radius 1 is 1.25 bits per heavy atom. The van der Waals surface area contributed by atoms with Crippen LogP contribution in [0.2, 0.25) is 0 Å². The molecule has 7 nitrogen and oxygen atoms in total. The zero-order chi connectivity index (χ0) is 17.3. The molecule has 0 fully saturated rings. The molecule has 2 aromatic carbocycles. The van der Waals surface area contributed by atoms with Gasteiger partial charge in [0.2, 0.25) is 0 Å². The molecule has 0 aliphatic carbocycles. The van der Waals surface area contributed by atoms with Crippen molar-refractivity contribution in [3.63, 3.8) is 0 Å². The largest absolute Gasteiger partial charge is 0.504 e. The zero-order valence-electron chi connectivity index (χ0n) is 12.5. The number of amides is 1. The Morgan fingerprint density at radius 2 is 2.04 bits per heavy atom. The summed E-state index contributed by atoms with van der Waals surface area (Å²) in [6.07, 6.45) is 0. The summed E-state index contributed by atoms with van der Waals surface area (Å²) in [4.78, 5) is 23.1. The molecule has 0 unspecified atom stereocenters. The van der Waals surface area contributed by atoms with Gasteiger partial charge < -0.3 is 15.2 Å². The number of rotatable bonds is 4. The van der Waals surface area contributed by atoms with E-state index in [1.807, 2.05) is 0 Å². The molecule has 0 bridgehead atoms. The van der Waals surface area contributed by atoms with E-state index in [4.69, 9.17) is 4.74 Å².